The summed E-state index contributed by atoms with van der Waals surface area (Å²) in [7, 11) is 1.52. The number of aromatic nitrogens is 2. The van der Waals surface area contributed by atoms with Crippen LogP contribution in [0.5, 0.6) is 5.88 Å². The van der Waals surface area contributed by atoms with Crippen LogP contribution in [-0.4, -0.2) is 22.2 Å². The fraction of sp³-hybridized carbons (Fsp3) is 0.231. The van der Waals surface area contributed by atoms with Crippen LogP contribution in [0.4, 0.5) is 0 Å². The molecule has 0 amide bonds. The second kappa shape index (κ2) is 6.19. The van der Waals surface area contributed by atoms with E-state index in [1.54, 1.807) is 24.3 Å². The van der Waals surface area contributed by atoms with E-state index in [2.05, 4.69) is 9.97 Å². The molecule has 1 atom stereocenters. The lowest BCUT2D eigenvalue weighted by molar-refractivity contribution is 0.177. The van der Waals surface area contributed by atoms with Gasteiger partial charge >= 0.3 is 0 Å². The minimum absolute atomic E-state index is 0.305. The van der Waals surface area contributed by atoms with Crippen molar-refractivity contribution in [3.8, 4) is 5.88 Å². The van der Waals surface area contributed by atoms with Crippen molar-refractivity contribution in [1.82, 2.24) is 9.97 Å². The van der Waals surface area contributed by atoms with Crippen LogP contribution in [0, 0.1) is 0 Å². The Hall–Kier alpha value is -1.36. The van der Waals surface area contributed by atoms with Crippen LogP contribution >= 0.6 is 23.2 Å². The number of rotatable bonds is 4. The van der Waals surface area contributed by atoms with Gasteiger partial charge in [-0.25, -0.2) is 9.97 Å². The first kappa shape index (κ1) is 14.1. The van der Waals surface area contributed by atoms with Gasteiger partial charge in [-0.1, -0.05) is 23.2 Å². The van der Waals surface area contributed by atoms with E-state index in [0.717, 1.165) is 0 Å². The fourth-order valence-corrected chi connectivity index (χ4v) is 2.10. The number of hydrogen-bond acceptors (Lipinski definition) is 4. The van der Waals surface area contributed by atoms with Crippen molar-refractivity contribution in [3.05, 3.63) is 51.9 Å². The molecule has 0 aliphatic rings. The van der Waals surface area contributed by atoms with Crippen LogP contribution in [0.15, 0.2) is 30.6 Å². The molecular formula is C13H12Cl2N2O2. The van der Waals surface area contributed by atoms with Gasteiger partial charge in [-0.2, -0.15) is 0 Å². The number of nitrogens with zero attached hydrogens (tertiary/aromatic N) is 2. The smallest absolute Gasteiger partial charge is 0.216 e. The zero-order valence-electron chi connectivity index (χ0n) is 10.2. The third-order valence-corrected chi connectivity index (χ3v) is 3.21. The molecule has 0 saturated carbocycles. The van der Waals surface area contributed by atoms with E-state index in [-0.39, 0.29) is 0 Å². The molecule has 2 rings (SSSR count). The minimum Gasteiger partial charge on any atom is -0.481 e. The molecule has 0 radical (unpaired) electrons. The Kier molecular flexibility index (Phi) is 4.58. The molecule has 19 heavy (non-hydrogen) atoms. The standard InChI is InChI=1S/C13H12Cl2N2O2/c1-19-13-6-9(16-7-17-13)5-12(18)10-4-8(14)2-3-11(10)15/h2-4,6-7,12,18H,5H2,1H3. The average molecular weight is 299 g/mol. The van der Waals surface area contributed by atoms with Crippen molar-refractivity contribution in [2.75, 3.05) is 7.11 Å². The normalized spacial score (nSPS) is 12.2. The van der Waals surface area contributed by atoms with Crippen LogP contribution in [0.3, 0.4) is 0 Å². The topological polar surface area (TPSA) is 55.2 Å². The quantitative estimate of drug-likeness (QED) is 0.942. The number of methoxy groups -OCH3 is 1. The summed E-state index contributed by atoms with van der Waals surface area (Å²) in [5, 5.41) is 11.2. The van der Waals surface area contributed by atoms with Crippen molar-refractivity contribution in [2.24, 2.45) is 0 Å². The fourth-order valence-electron chi connectivity index (χ4n) is 1.68. The summed E-state index contributed by atoms with van der Waals surface area (Å²) >= 11 is 11.9. The maximum absolute atomic E-state index is 10.2. The molecule has 4 nitrogen and oxygen atoms in total. The molecule has 0 aliphatic heterocycles. The van der Waals surface area contributed by atoms with Gasteiger partial charge in [-0.05, 0) is 18.2 Å². The summed E-state index contributed by atoms with van der Waals surface area (Å²) < 4.78 is 5.01. The molecule has 2 aromatic rings. The van der Waals surface area contributed by atoms with Crippen LogP contribution in [0.1, 0.15) is 17.4 Å². The van der Waals surface area contributed by atoms with Crippen molar-refractivity contribution in [1.29, 1.82) is 0 Å². The Morgan fingerprint density at radius 2 is 2.05 bits per heavy atom. The van der Waals surface area contributed by atoms with Crippen LogP contribution < -0.4 is 4.74 Å². The summed E-state index contributed by atoms with van der Waals surface area (Å²) in [4.78, 5) is 7.99. The van der Waals surface area contributed by atoms with E-state index in [0.29, 0.717) is 33.6 Å². The van der Waals surface area contributed by atoms with Gasteiger partial charge in [0.05, 0.1) is 18.9 Å². The van der Waals surface area contributed by atoms with E-state index < -0.39 is 6.10 Å². The highest BCUT2D eigenvalue weighted by atomic mass is 35.5. The summed E-state index contributed by atoms with van der Waals surface area (Å²) in [5.74, 6) is 0.453. The van der Waals surface area contributed by atoms with E-state index >= 15 is 0 Å². The van der Waals surface area contributed by atoms with Gasteiger partial charge in [-0.3, -0.25) is 0 Å². The molecule has 0 aliphatic carbocycles. The van der Waals surface area contributed by atoms with Gasteiger partial charge in [0, 0.05) is 28.1 Å². The van der Waals surface area contributed by atoms with Gasteiger partial charge in [0.2, 0.25) is 5.88 Å². The highest BCUT2D eigenvalue weighted by Crippen LogP contribution is 2.28. The maximum atomic E-state index is 10.2. The number of ether oxygens (including phenoxy) is 1. The van der Waals surface area contributed by atoms with E-state index in [1.807, 2.05) is 0 Å². The van der Waals surface area contributed by atoms with Gasteiger partial charge < -0.3 is 9.84 Å². The summed E-state index contributed by atoms with van der Waals surface area (Å²) in [6.45, 7) is 0. The molecule has 1 N–H and O–H groups in total. The monoisotopic (exact) mass is 298 g/mol. The first-order chi connectivity index (χ1) is 9.10. The number of hydrogen-bond donors (Lipinski definition) is 1. The van der Waals surface area contributed by atoms with Gasteiger partial charge in [0.15, 0.2) is 0 Å². The third kappa shape index (κ3) is 3.56. The SMILES string of the molecule is COc1cc(CC(O)c2cc(Cl)ccc2Cl)ncn1. The van der Waals surface area contributed by atoms with Gasteiger partial charge in [0.1, 0.15) is 6.33 Å². The molecule has 1 aromatic heterocycles. The molecule has 0 fully saturated rings. The van der Waals surface area contributed by atoms with E-state index in [9.17, 15) is 5.11 Å². The van der Waals surface area contributed by atoms with E-state index in [1.165, 1.54) is 13.4 Å². The van der Waals surface area contributed by atoms with Gasteiger partial charge in [-0.15, -0.1) is 0 Å². The summed E-state index contributed by atoms with van der Waals surface area (Å²) in [5.41, 5.74) is 1.24. The Balaban J connectivity index is 2.20. The summed E-state index contributed by atoms with van der Waals surface area (Å²) in [6.07, 6.45) is 0.908. The Morgan fingerprint density at radius 3 is 2.79 bits per heavy atom. The predicted octanol–water partition coefficient (Wildman–Crippen LogP) is 3.07. The van der Waals surface area contributed by atoms with Crippen molar-refractivity contribution in [3.63, 3.8) is 0 Å². The molecule has 100 valence electrons. The molecule has 1 unspecified atom stereocenters. The van der Waals surface area contributed by atoms with Gasteiger partial charge in [0.25, 0.3) is 0 Å². The lowest BCUT2D eigenvalue weighted by atomic mass is 10.0. The minimum atomic E-state index is -0.786. The van der Waals surface area contributed by atoms with Crippen LogP contribution in [0.25, 0.3) is 0 Å². The van der Waals surface area contributed by atoms with Crippen molar-refractivity contribution < 1.29 is 9.84 Å². The molecule has 0 bridgehead atoms. The second-order valence-electron chi connectivity index (χ2n) is 3.94. The van der Waals surface area contributed by atoms with Crippen molar-refractivity contribution >= 4 is 23.2 Å². The second-order valence-corrected chi connectivity index (χ2v) is 4.78. The lowest BCUT2D eigenvalue weighted by Crippen LogP contribution is -2.05. The molecule has 1 heterocycles. The molecule has 6 heteroatoms. The Bertz CT molecular complexity index is 578. The largest absolute Gasteiger partial charge is 0.481 e. The Labute approximate surface area is 121 Å². The zero-order chi connectivity index (χ0) is 13.8. The molecule has 0 spiro atoms. The first-order valence-corrected chi connectivity index (χ1v) is 6.33. The number of aliphatic hydroxyl groups is 1. The molecule has 1 aromatic carbocycles. The maximum Gasteiger partial charge on any atom is 0.216 e. The highest BCUT2D eigenvalue weighted by Gasteiger charge is 2.14. The number of benzene rings is 1. The predicted molar refractivity (Wildman–Crippen MR) is 73.7 cm³/mol. The zero-order valence-corrected chi connectivity index (χ0v) is 11.7. The number of halogens is 2. The van der Waals surface area contributed by atoms with Crippen molar-refractivity contribution in [2.45, 2.75) is 12.5 Å². The molecule has 0 saturated heterocycles. The van der Waals surface area contributed by atoms with Crippen LogP contribution in [0.2, 0.25) is 10.0 Å². The lowest BCUT2D eigenvalue weighted by Gasteiger charge is -2.13. The van der Waals surface area contributed by atoms with Crippen LogP contribution in [-0.2, 0) is 6.42 Å². The number of aliphatic hydroxyl groups excluding tert-OH is 1. The third-order valence-electron chi connectivity index (χ3n) is 2.63. The first-order valence-electron chi connectivity index (χ1n) is 5.58. The average Bonchev–Trinajstić information content (AvgIpc) is 2.41. The Morgan fingerprint density at radius 1 is 1.26 bits per heavy atom. The molecular weight excluding hydrogens is 287 g/mol. The highest BCUT2D eigenvalue weighted by molar-refractivity contribution is 6.33. The summed E-state index contributed by atoms with van der Waals surface area (Å²) in [6, 6.07) is 6.64. The van der Waals surface area contributed by atoms with E-state index in [4.69, 9.17) is 27.9 Å².